The number of rotatable bonds is 8. The molecular weight excluding hydrogens is 344 g/mol. The molecule has 1 N–H and O–H groups in total. The van der Waals surface area contributed by atoms with Crippen LogP contribution in [-0.4, -0.2) is 16.7 Å². The van der Waals surface area contributed by atoms with E-state index in [-0.39, 0.29) is 24.5 Å². The van der Waals surface area contributed by atoms with E-state index >= 15 is 0 Å². The Balaban J connectivity index is 1.43. The van der Waals surface area contributed by atoms with E-state index < -0.39 is 0 Å². The normalized spacial score (nSPS) is 10.5. The molecule has 1 aromatic heterocycles. The van der Waals surface area contributed by atoms with Crippen molar-refractivity contribution >= 4 is 23.0 Å². The third-order valence-electron chi connectivity index (χ3n) is 3.94. The highest BCUT2D eigenvalue weighted by atomic mass is 32.1. The van der Waals surface area contributed by atoms with Gasteiger partial charge in [0.15, 0.2) is 5.78 Å². The number of Topliss-reactive ketones (excluding diaryl/α,β-unsaturated/α-hetero) is 1. The second-order valence-corrected chi connectivity index (χ2v) is 6.90. The number of hydrogen-bond donors (Lipinski definition) is 1. The maximum atomic E-state index is 12.0. The topological polar surface area (TPSA) is 59.1 Å². The van der Waals surface area contributed by atoms with Crippen LogP contribution in [0.3, 0.4) is 0 Å². The number of amides is 1. The largest absolute Gasteiger partial charge is 0.350 e. The van der Waals surface area contributed by atoms with Crippen LogP contribution >= 0.6 is 11.3 Å². The molecule has 1 heterocycles. The van der Waals surface area contributed by atoms with Gasteiger partial charge in [-0.2, -0.15) is 0 Å². The van der Waals surface area contributed by atoms with E-state index in [4.69, 9.17) is 0 Å². The summed E-state index contributed by atoms with van der Waals surface area (Å²) in [5.41, 5.74) is 2.71. The Morgan fingerprint density at radius 2 is 1.62 bits per heavy atom. The standard InChI is InChI=1S/C21H20N2O2S/c24-19(17-9-5-2-6-10-17)11-12-20(25)22-14-18-15-26-21(23-18)13-16-7-3-1-4-8-16/h1-10,15H,11-14H2,(H,22,25). The first kappa shape index (κ1) is 18.0. The van der Waals surface area contributed by atoms with Gasteiger partial charge in [-0.05, 0) is 5.56 Å². The maximum Gasteiger partial charge on any atom is 0.220 e. The molecule has 0 unspecified atom stereocenters. The van der Waals surface area contributed by atoms with E-state index in [1.165, 1.54) is 5.56 Å². The van der Waals surface area contributed by atoms with Crippen molar-refractivity contribution in [2.75, 3.05) is 0 Å². The molecule has 4 nitrogen and oxygen atoms in total. The van der Waals surface area contributed by atoms with Crippen molar-refractivity contribution in [2.24, 2.45) is 0 Å². The molecule has 0 saturated heterocycles. The highest BCUT2D eigenvalue weighted by Gasteiger charge is 2.10. The fraction of sp³-hybridized carbons (Fsp3) is 0.190. The van der Waals surface area contributed by atoms with E-state index in [1.54, 1.807) is 23.5 Å². The summed E-state index contributed by atoms with van der Waals surface area (Å²) in [5, 5.41) is 5.83. The lowest BCUT2D eigenvalue weighted by Gasteiger charge is -2.03. The minimum atomic E-state index is -0.133. The predicted molar refractivity (Wildman–Crippen MR) is 103 cm³/mol. The van der Waals surface area contributed by atoms with E-state index in [0.29, 0.717) is 12.1 Å². The fourth-order valence-electron chi connectivity index (χ4n) is 2.55. The molecule has 0 aliphatic rings. The summed E-state index contributed by atoms with van der Waals surface area (Å²) in [6.07, 6.45) is 1.20. The summed E-state index contributed by atoms with van der Waals surface area (Å²) in [5.74, 6) is -0.147. The number of carbonyl (C=O) groups excluding carboxylic acids is 2. The van der Waals surface area contributed by atoms with Crippen molar-refractivity contribution in [1.29, 1.82) is 0 Å². The summed E-state index contributed by atoms with van der Waals surface area (Å²) in [7, 11) is 0. The lowest BCUT2D eigenvalue weighted by Crippen LogP contribution is -2.23. The number of hydrogen-bond acceptors (Lipinski definition) is 4. The van der Waals surface area contributed by atoms with E-state index in [2.05, 4.69) is 22.4 Å². The van der Waals surface area contributed by atoms with Crippen molar-refractivity contribution < 1.29 is 9.59 Å². The van der Waals surface area contributed by atoms with E-state index in [9.17, 15) is 9.59 Å². The molecule has 0 saturated carbocycles. The molecular formula is C21H20N2O2S. The lowest BCUT2D eigenvalue weighted by atomic mass is 10.1. The Kier molecular flexibility index (Phi) is 6.28. The molecule has 0 fully saturated rings. The summed E-state index contributed by atoms with van der Waals surface area (Å²) >= 11 is 1.60. The first-order valence-electron chi connectivity index (χ1n) is 8.53. The molecule has 3 aromatic rings. The molecule has 0 atom stereocenters. The van der Waals surface area contributed by atoms with Gasteiger partial charge in [0.25, 0.3) is 0 Å². The molecule has 2 aromatic carbocycles. The summed E-state index contributed by atoms with van der Waals surface area (Å²) < 4.78 is 0. The van der Waals surface area contributed by atoms with Gasteiger partial charge in [0.2, 0.25) is 5.91 Å². The zero-order valence-corrected chi connectivity index (χ0v) is 15.2. The zero-order chi connectivity index (χ0) is 18.2. The molecule has 5 heteroatoms. The van der Waals surface area contributed by atoms with Crippen LogP contribution in [0, 0.1) is 0 Å². The molecule has 26 heavy (non-hydrogen) atoms. The number of thiazole rings is 1. The second kappa shape index (κ2) is 9.06. The van der Waals surface area contributed by atoms with Gasteiger partial charge in [-0.25, -0.2) is 4.98 Å². The summed E-state index contributed by atoms with van der Waals surface area (Å²) in [6, 6.07) is 19.2. The highest BCUT2D eigenvalue weighted by Crippen LogP contribution is 2.14. The average molecular weight is 364 g/mol. The van der Waals surface area contributed by atoms with Gasteiger partial charge < -0.3 is 5.32 Å². The number of ketones is 1. The van der Waals surface area contributed by atoms with Crippen LogP contribution in [0.5, 0.6) is 0 Å². The van der Waals surface area contributed by atoms with Crippen LogP contribution < -0.4 is 5.32 Å². The fourth-order valence-corrected chi connectivity index (χ4v) is 3.38. The number of aromatic nitrogens is 1. The Labute approximate surface area is 156 Å². The van der Waals surface area contributed by atoms with Crippen molar-refractivity contribution in [2.45, 2.75) is 25.8 Å². The molecule has 1 amide bonds. The van der Waals surface area contributed by atoms with Gasteiger partial charge in [-0.3, -0.25) is 9.59 Å². The smallest absolute Gasteiger partial charge is 0.220 e. The zero-order valence-electron chi connectivity index (χ0n) is 14.4. The Hall–Kier alpha value is -2.79. The van der Waals surface area contributed by atoms with Crippen molar-refractivity contribution in [1.82, 2.24) is 10.3 Å². The van der Waals surface area contributed by atoms with Gasteiger partial charge in [0, 0.05) is 30.2 Å². The number of benzene rings is 2. The SMILES string of the molecule is O=C(CCC(=O)c1ccccc1)NCc1csc(Cc2ccccc2)n1. The van der Waals surface area contributed by atoms with Crippen LogP contribution in [0.1, 0.15) is 39.5 Å². The molecule has 0 radical (unpaired) electrons. The number of nitrogens with zero attached hydrogens (tertiary/aromatic N) is 1. The van der Waals surface area contributed by atoms with Crippen LogP contribution in [0.2, 0.25) is 0 Å². The quantitative estimate of drug-likeness (QED) is 0.614. The third-order valence-corrected chi connectivity index (χ3v) is 4.84. The average Bonchev–Trinajstić information content (AvgIpc) is 3.13. The molecule has 3 rings (SSSR count). The monoisotopic (exact) mass is 364 g/mol. The number of carbonyl (C=O) groups is 2. The van der Waals surface area contributed by atoms with Crippen LogP contribution in [0.4, 0.5) is 0 Å². The first-order chi connectivity index (χ1) is 12.7. The Bertz CT molecular complexity index is 860. The lowest BCUT2D eigenvalue weighted by molar-refractivity contribution is -0.121. The molecule has 0 aliphatic carbocycles. The van der Waals surface area contributed by atoms with Gasteiger partial charge >= 0.3 is 0 Å². The van der Waals surface area contributed by atoms with Crippen LogP contribution in [-0.2, 0) is 17.8 Å². The van der Waals surface area contributed by atoms with Crippen molar-refractivity contribution in [3.05, 3.63) is 87.9 Å². The van der Waals surface area contributed by atoms with E-state index in [1.807, 2.05) is 41.8 Å². The third kappa shape index (κ3) is 5.36. The number of nitrogens with one attached hydrogen (secondary N) is 1. The van der Waals surface area contributed by atoms with Crippen LogP contribution in [0.15, 0.2) is 66.0 Å². The summed E-state index contributed by atoms with van der Waals surface area (Å²) in [4.78, 5) is 28.5. The highest BCUT2D eigenvalue weighted by molar-refractivity contribution is 7.09. The summed E-state index contributed by atoms with van der Waals surface area (Å²) in [6.45, 7) is 0.393. The second-order valence-electron chi connectivity index (χ2n) is 5.96. The molecule has 0 spiro atoms. The first-order valence-corrected chi connectivity index (χ1v) is 9.41. The van der Waals surface area contributed by atoms with Crippen molar-refractivity contribution in [3.63, 3.8) is 0 Å². The van der Waals surface area contributed by atoms with Crippen molar-refractivity contribution in [3.8, 4) is 0 Å². The predicted octanol–water partition coefficient (Wildman–Crippen LogP) is 4.01. The van der Waals surface area contributed by atoms with Gasteiger partial charge in [0.05, 0.1) is 17.2 Å². The van der Waals surface area contributed by atoms with Gasteiger partial charge in [-0.1, -0.05) is 60.7 Å². The molecule has 132 valence electrons. The molecule has 0 bridgehead atoms. The van der Waals surface area contributed by atoms with E-state index in [0.717, 1.165) is 17.1 Å². The Morgan fingerprint density at radius 3 is 2.35 bits per heavy atom. The molecule has 0 aliphatic heterocycles. The minimum absolute atomic E-state index is 0.0143. The van der Waals surface area contributed by atoms with Gasteiger partial charge in [-0.15, -0.1) is 11.3 Å². The minimum Gasteiger partial charge on any atom is -0.350 e. The Morgan fingerprint density at radius 1 is 0.923 bits per heavy atom. The van der Waals surface area contributed by atoms with Gasteiger partial charge in [0.1, 0.15) is 0 Å². The maximum absolute atomic E-state index is 12.0. The van der Waals surface area contributed by atoms with Crippen LogP contribution in [0.25, 0.3) is 0 Å².